The molecule has 1 aromatic rings. The van der Waals surface area contributed by atoms with Crippen molar-refractivity contribution in [3.63, 3.8) is 0 Å². The van der Waals surface area contributed by atoms with Crippen molar-refractivity contribution in [2.75, 3.05) is 13.1 Å². The zero-order valence-corrected chi connectivity index (χ0v) is 9.43. The van der Waals surface area contributed by atoms with E-state index >= 15 is 0 Å². The highest BCUT2D eigenvalue weighted by molar-refractivity contribution is 5.80. The number of nitrogens with zero attached hydrogens (tertiary/aromatic N) is 3. The minimum absolute atomic E-state index is 0.200. The van der Waals surface area contributed by atoms with Gasteiger partial charge in [0.2, 0.25) is 0 Å². The van der Waals surface area contributed by atoms with Gasteiger partial charge < -0.3 is 10.6 Å². The van der Waals surface area contributed by atoms with Crippen LogP contribution in [0.1, 0.15) is 17.3 Å². The number of hydrogen-bond donors (Lipinski definition) is 1. The summed E-state index contributed by atoms with van der Waals surface area (Å²) in [4.78, 5) is 10.6. The van der Waals surface area contributed by atoms with Crippen LogP contribution in [0, 0.1) is 6.92 Å². The van der Waals surface area contributed by atoms with Crippen LogP contribution in [0.4, 0.5) is 0 Å². The molecule has 0 saturated carbocycles. The van der Waals surface area contributed by atoms with Crippen molar-refractivity contribution < 1.29 is 0 Å². The first kappa shape index (κ1) is 10.7. The largest absolute Gasteiger partial charge is 0.370 e. The van der Waals surface area contributed by atoms with E-state index in [-0.39, 0.29) is 6.04 Å². The van der Waals surface area contributed by atoms with Crippen molar-refractivity contribution in [2.45, 2.75) is 13.0 Å². The van der Waals surface area contributed by atoms with Gasteiger partial charge in [-0.05, 0) is 18.6 Å². The second-order valence-corrected chi connectivity index (χ2v) is 3.89. The predicted molar refractivity (Wildman–Crippen MR) is 65.1 cm³/mol. The Balaban J connectivity index is 2.21. The standard InChI is InChI=1S/C12H16N4/c1-3-6-16-11(8-15-12(16)13)10-5-4-9(2)14-7-10/h3-5,7,11H,1,6,8H2,2H3,(H2,13,15). The third-order valence-corrected chi connectivity index (χ3v) is 2.74. The van der Waals surface area contributed by atoms with Crippen LogP contribution in [-0.2, 0) is 0 Å². The summed E-state index contributed by atoms with van der Waals surface area (Å²) in [5, 5.41) is 0. The molecular weight excluding hydrogens is 200 g/mol. The lowest BCUT2D eigenvalue weighted by Gasteiger charge is -2.24. The molecule has 4 nitrogen and oxygen atoms in total. The fourth-order valence-corrected chi connectivity index (χ4v) is 1.85. The first-order chi connectivity index (χ1) is 7.72. The second kappa shape index (κ2) is 4.35. The SMILES string of the molecule is C=CCN1C(N)=NCC1c1ccc(C)nc1. The van der Waals surface area contributed by atoms with E-state index < -0.39 is 0 Å². The number of guanidine groups is 1. The molecule has 0 aliphatic carbocycles. The van der Waals surface area contributed by atoms with E-state index in [0.717, 1.165) is 11.3 Å². The summed E-state index contributed by atoms with van der Waals surface area (Å²) >= 11 is 0. The highest BCUT2D eigenvalue weighted by Crippen LogP contribution is 2.24. The second-order valence-electron chi connectivity index (χ2n) is 3.89. The zero-order chi connectivity index (χ0) is 11.5. The number of rotatable bonds is 3. The lowest BCUT2D eigenvalue weighted by atomic mass is 10.1. The van der Waals surface area contributed by atoms with Crippen molar-refractivity contribution >= 4 is 5.96 Å². The molecule has 0 spiro atoms. The summed E-state index contributed by atoms with van der Waals surface area (Å²) in [5.41, 5.74) is 8.00. The normalized spacial score (nSPS) is 19.7. The van der Waals surface area contributed by atoms with Gasteiger partial charge in [-0.2, -0.15) is 0 Å². The van der Waals surface area contributed by atoms with Crippen LogP contribution < -0.4 is 5.73 Å². The summed E-state index contributed by atoms with van der Waals surface area (Å²) in [6.07, 6.45) is 3.73. The molecule has 1 atom stereocenters. The Morgan fingerprint density at radius 1 is 1.62 bits per heavy atom. The molecule has 1 aliphatic rings. The smallest absolute Gasteiger partial charge is 0.192 e. The average molecular weight is 216 g/mol. The molecule has 1 aliphatic heterocycles. The molecule has 1 aromatic heterocycles. The Labute approximate surface area is 95.5 Å². The summed E-state index contributed by atoms with van der Waals surface area (Å²) in [6, 6.07) is 4.29. The Kier molecular flexibility index (Phi) is 2.90. The van der Waals surface area contributed by atoms with E-state index in [1.54, 1.807) is 0 Å². The van der Waals surface area contributed by atoms with E-state index in [0.29, 0.717) is 19.0 Å². The topological polar surface area (TPSA) is 54.5 Å². The van der Waals surface area contributed by atoms with E-state index in [4.69, 9.17) is 5.73 Å². The van der Waals surface area contributed by atoms with E-state index in [2.05, 4.69) is 22.6 Å². The van der Waals surface area contributed by atoms with Gasteiger partial charge in [-0.15, -0.1) is 6.58 Å². The van der Waals surface area contributed by atoms with Crippen LogP contribution in [0.3, 0.4) is 0 Å². The maximum absolute atomic E-state index is 5.83. The maximum Gasteiger partial charge on any atom is 0.192 e. The van der Waals surface area contributed by atoms with E-state index in [1.807, 2.05) is 30.2 Å². The molecule has 2 heterocycles. The van der Waals surface area contributed by atoms with Gasteiger partial charge in [-0.25, -0.2) is 0 Å². The summed E-state index contributed by atoms with van der Waals surface area (Å²) < 4.78 is 0. The first-order valence-corrected chi connectivity index (χ1v) is 5.32. The molecule has 0 saturated heterocycles. The quantitative estimate of drug-likeness (QED) is 0.774. The number of aryl methyl sites for hydroxylation is 1. The predicted octanol–water partition coefficient (Wildman–Crippen LogP) is 1.25. The van der Waals surface area contributed by atoms with Crippen LogP contribution in [-0.4, -0.2) is 28.9 Å². The van der Waals surface area contributed by atoms with Crippen LogP contribution in [0.2, 0.25) is 0 Å². The third-order valence-electron chi connectivity index (χ3n) is 2.74. The number of aliphatic imine (C=N–C) groups is 1. The molecule has 0 radical (unpaired) electrons. The molecule has 84 valence electrons. The third kappa shape index (κ3) is 1.91. The van der Waals surface area contributed by atoms with E-state index in [1.165, 1.54) is 0 Å². The number of aromatic nitrogens is 1. The molecule has 0 bridgehead atoms. The molecule has 0 amide bonds. The fraction of sp³-hybridized carbons (Fsp3) is 0.333. The highest BCUT2D eigenvalue weighted by Gasteiger charge is 2.26. The Morgan fingerprint density at radius 3 is 3.06 bits per heavy atom. The Hall–Kier alpha value is -1.84. The molecule has 2 N–H and O–H groups in total. The first-order valence-electron chi connectivity index (χ1n) is 5.32. The molecular formula is C12H16N4. The van der Waals surface area contributed by atoms with Crippen molar-refractivity contribution in [3.8, 4) is 0 Å². The van der Waals surface area contributed by atoms with Crippen molar-refractivity contribution in [1.82, 2.24) is 9.88 Å². The van der Waals surface area contributed by atoms with Crippen LogP contribution >= 0.6 is 0 Å². The Bertz CT molecular complexity index is 408. The van der Waals surface area contributed by atoms with Gasteiger partial charge >= 0.3 is 0 Å². The van der Waals surface area contributed by atoms with Crippen molar-refractivity contribution in [1.29, 1.82) is 0 Å². The fourth-order valence-electron chi connectivity index (χ4n) is 1.85. The highest BCUT2D eigenvalue weighted by atomic mass is 15.3. The van der Waals surface area contributed by atoms with Crippen molar-refractivity contribution in [2.24, 2.45) is 10.7 Å². The van der Waals surface area contributed by atoms with Crippen molar-refractivity contribution in [3.05, 3.63) is 42.2 Å². The lowest BCUT2D eigenvalue weighted by molar-refractivity contribution is 0.379. The van der Waals surface area contributed by atoms with E-state index in [9.17, 15) is 0 Å². The van der Waals surface area contributed by atoms with Crippen LogP contribution in [0.25, 0.3) is 0 Å². The molecule has 16 heavy (non-hydrogen) atoms. The van der Waals surface area contributed by atoms with Crippen LogP contribution in [0.5, 0.6) is 0 Å². The van der Waals surface area contributed by atoms with Gasteiger partial charge in [-0.3, -0.25) is 9.98 Å². The van der Waals surface area contributed by atoms with Gasteiger partial charge in [0.05, 0.1) is 12.6 Å². The number of hydrogen-bond acceptors (Lipinski definition) is 4. The molecule has 4 heteroatoms. The van der Waals surface area contributed by atoms with Gasteiger partial charge in [0.25, 0.3) is 0 Å². The van der Waals surface area contributed by atoms with Crippen LogP contribution in [0.15, 0.2) is 36.0 Å². The lowest BCUT2D eigenvalue weighted by Crippen LogP contribution is -2.36. The zero-order valence-electron chi connectivity index (χ0n) is 9.43. The van der Waals surface area contributed by atoms with Gasteiger partial charge in [0.15, 0.2) is 5.96 Å². The maximum atomic E-state index is 5.83. The van der Waals surface area contributed by atoms with Gasteiger partial charge in [-0.1, -0.05) is 12.1 Å². The van der Waals surface area contributed by atoms with Gasteiger partial charge in [0, 0.05) is 18.4 Å². The van der Waals surface area contributed by atoms with Gasteiger partial charge in [0.1, 0.15) is 0 Å². The summed E-state index contributed by atoms with van der Waals surface area (Å²) in [7, 11) is 0. The monoisotopic (exact) mass is 216 g/mol. The Morgan fingerprint density at radius 2 is 2.44 bits per heavy atom. The molecule has 2 rings (SSSR count). The summed E-state index contributed by atoms with van der Waals surface area (Å²) in [5.74, 6) is 0.588. The molecule has 0 aromatic carbocycles. The molecule has 0 fully saturated rings. The average Bonchev–Trinajstić information content (AvgIpc) is 2.63. The summed E-state index contributed by atoms with van der Waals surface area (Å²) in [6.45, 7) is 7.12. The number of nitrogens with two attached hydrogens (primary N) is 1. The number of pyridine rings is 1. The minimum atomic E-state index is 0.200. The minimum Gasteiger partial charge on any atom is -0.370 e. The molecule has 1 unspecified atom stereocenters.